The molecule has 0 radical (unpaired) electrons. The second-order valence-electron chi connectivity index (χ2n) is 7.05. The Morgan fingerprint density at radius 1 is 1.15 bits per heavy atom. The molecule has 4 nitrogen and oxygen atoms in total. The summed E-state index contributed by atoms with van der Waals surface area (Å²) in [6.45, 7) is 6.56. The first kappa shape index (κ1) is 16.6. The number of Topliss-reactive ketones (excluding diaryl/α,β-unsaturated/α-hetero) is 2. The Hall–Kier alpha value is -2.88. The summed E-state index contributed by atoms with van der Waals surface area (Å²) in [5.41, 5.74) is 7.84. The molecule has 2 aromatic carbocycles. The van der Waals surface area contributed by atoms with Crippen molar-refractivity contribution in [1.29, 1.82) is 0 Å². The molecule has 0 fully saturated rings. The number of hydrogen-bond acceptors (Lipinski definition) is 3. The lowest BCUT2D eigenvalue weighted by atomic mass is 9.94. The molecule has 4 heteroatoms. The molecule has 0 amide bonds. The fourth-order valence-electron chi connectivity index (χ4n) is 4.01. The molecule has 0 atom stereocenters. The van der Waals surface area contributed by atoms with Gasteiger partial charge in [0.1, 0.15) is 5.78 Å². The van der Waals surface area contributed by atoms with Crippen molar-refractivity contribution in [2.75, 3.05) is 11.9 Å². The maximum atomic E-state index is 11.8. The van der Waals surface area contributed by atoms with Gasteiger partial charge in [0.05, 0.1) is 12.2 Å². The molecule has 0 aliphatic carbocycles. The first-order chi connectivity index (χ1) is 12.5. The van der Waals surface area contributed by atoms with E-state index in [1.807, 2.05) is 24.3 Å². The quantitative estimate of drug-likeness (QED) is 0.714. The highest BCUT2D eigenvalue weighted by molar-refractivity contribution is 6.01. The van der Waals surface area contributed by atoms with Gasteiger partial charge in [-0.15, -0.1) is 0 Å². The molecule has 0 bridgehead atoms. The highest BCUT2D eigenvalue weighted by Gasteiger charge is 2.24. The number of aromatic nitrogens is 1. The molecule has 0 spiro atoms. The van der Waals surface area contributed by atoms with Crippen molar-refractivity contribution in [3.63, 3.8) is 0 Å². The second-order valence-corrected chi connectivity index (χ2v) is 7.05. The normalized spacial score (nSPS) is 12.6. The third-order valence-corrected chi connectivity index (χ3v) is 5.27. The van der Waals surface area contributed by atoms with E-state index in [2.05, 4.69) is 28.9 Å². The molecule has 1 aliphatic heterocycles. The lowest BCUT2D eigenvalue weighted by molar-refractivity contribution is -0.115. The van der Waals surface area contributed by atoms with Crippen molar-refractivity contribution in [3.8, 4) is 11.3 Å². The Morgan fingerprint density at radius 2 is 1.96 bits per heavy atom. The Balaban J connectivity index is 1.90. The third kappa shape index (κ3) is 2.53. The van der Waals surface area contributed by atoms with Gasteiger partial charge in [-0.3, -0.25) is 9.59 Å². The van der Waals surface area contributed by atoms with Crippen molar-refractivity contribution in [1.82, 2.24) is 4.57 Å². The topological polar surface area (TPSA) is 51.1 Å². The zero-order valence-corrected chi connectivity index (χ0v) is 15.3. The van der Waals surface area contributed by atoms with Crippen molar-refractivity contribution in [3.05, 3.63) is 53.1 Å². The number of carbonyl (C=O) groups is 2. The van der Waals surface area contributed by atoms with Crippen LogP contribution in [0.25, 0.3) is 22.2 Å². The van der Waals surface area contributed by atoms with E-state index < -0.39 is 0 Å². The summed E-state index contributed by atoms with van der Waals surface area (Å²) in [5, 5.41) is 4.47. The number of nitrogens with one attached hydrogen (secondary N) is 1. The van der Waals surface area contributed by atoms with Crippen molar-refractivity contribution in [2.45, 2.75) is 33.7 Å². The molecule has 4 rings (SSSR count). The van der Waals surface area contributed by atoms with Crippen molar-refractivity contribution >= 4 is 28.2 Å². The number of fused-ring (bicyclic) bond motifs is 5. The van der Waals surface area contributed by atoms with Crippen LogP contribution in [0.2, 0.25) is 0 Å². The van der Waals surface area contributed by atoms with Crippen LogP contribution >= 0.6 is 0 Å². The molecule has 1 aliphatic rings. The molecule has 3 aromatic rings. The van der Waals surface area contributed by atoms with Crippen LogP contribution in [0.5, 0.6) is 0 Å². The zero-order chi connectivity index (χ0) is 18.4. The summed E-state index contributed by atoms with van der Waals surface area (Å²) >= 11 is 0. The zero-order valence-electron chi connectivity index (χ0n) is 15.3. The number of anilines is 1. The molecule has 132 valence electrons. The van der Waals surface area contributed by atoms with E-state index in [1.54, 1.807) is 13.8 Å². The largest absolute Gasteiger partial charge is 0.378 e. The van der Waals surface area contributed by atoms with Gasteiger partial charge in [0, 0.05) is 34.3 Å². The van der Waals surface area contributed by atoms with Crippen molar-refractivity contribution < 1.29 is 9.59 Å². The average Bonchev–Trinajstić information content (AvgIpc) is 2.92. The number of nitrogens with zero attached hydrogens (tertiary/aromatic N) is 1. The monoisotopic (exact) mass is 346 g/mol. The SMILES string of the molecule is CC(=O)CNc1cccc2c1CCn1c-2c(C)c2ccc(C(C)=O)cc21. The fourth-order valence-corrected chi connectivity index (χ4v) is 4.01. The second kappa shape index (κ2) is 6.13. The molecular weight excluding hydrogens is 324 g/mol. The predicted molar refractivity (Wildman–Crippen MR) is 105 cm³/mol. The molecule has 2 heterocycles. The Kier molecular flexibility index (Phi) is 3.91. The Labute approximate surface area is 152 Å². The number of aryl methyl sites for hydroxylation is 2. The number of carbonyl (C=O) groups excluding carboxylic acids is 2. The van der Waals surface area contributed by atoms with E-state index in [1.165, 1.54) is 27.8 Å². The standard InChI is InChI=1S/C22H22N2O2/c1-13(25)12-23-20-6-4-5-19-18(20)9-10-24-21-11-16(15(3)26)7-8-17(21)14(2)22(19)24/h4-8,11,23H,9-10,12H2,1-3H3. The van der Waals surface area contributed by atoms with Crippen LogP contribution in [0.1, 0.15) is 35.3 Å². The molecular formula is C22H22N2O2. The molecule has 0 saturated carbocycles. The van der Waals surface area contributed by atoms with Crippen LogP contribution < -0.4 is 5.32 Å². The molecule has 0 saturated heterocycles. The average molecular weight is 346 g/mol. The summed E-state index contributed by atoms with van der Waals surface area (Å²) in [6.07, 6.45) is 0.900. The maximum Gasteiger partial charge on any atom is 0.159 e. The van der Waals surface area contributed by atoms with Gasteiger partial charge in [-0.05, 0) is 50.5 Å². The Morgan fingerprint density at radius 3 is 2.69 bits per heavy atom. The molecule has 0 unspecified atom stereocenters. The number of hydrogen-bond donors (Lipinski definition) is 1. The van der Waals surface area contributed by atoms with Gasteiger partial charge in [-0.2, -0.15) is 0 Å². The highest BCUT2D eigenvalue weighted by Crippen LogP contribution is 2.41. The number of rotatable bonds is 4. The maximum absolute atomic E-state index is 11.8. The van der Waals surface area contributed by atoms with Gasteiger partial charge in [0.2, 0.25) is 0 Å². The summed E-state index contributed by atoms with van der Waals surface area (Å²) in [5.74, 6) is 0.215. The van der Waals surface area contributed by atoms with Crippen LogP contribution in [0, 0.1) is 6.92 Å². The van der Waals surface area contributed by atoms with E-state index in [4.69, 9.17) is 0 Å². The number of benzene rings is 2. The van der Waals surface area contributed by atoms with Gasteiger partial charge in [0.25, 0.3) is 0 Å². The molecule has 1 aromatic heterocycles. The van der Waals surface area contributed by atoms with Gasteiger partial charge in [-0.1, -0.05) is 24.3 Å². The minimum atomic E-state index is 0.0898. The van der Waals surface area contributed by atoms with Crippen LogP contribution in [-0.2, 0) is 17.8 Å². The van der Waals surface area contributed by atoms with E-state index in [0.717, 1.165) is 29.7 Å². The number of ketones is 2. The summed E-state index contributed by atoms with van der Waals surface area (Å²) in [7, 11) is 0. The van der Waals surface area contributed by atoms with Crippen LogP contribution in [-0.4, -0.2) is 22.7 Å². The Bertz CT molecular complexity index is 1060. The van der Waals surface area contributed by atoms with E-state index >= 15 is 0 Å². The van der Waals surface area contributed by atoms with Gasteiger partial charge in [0.15, 0.2) is 5.78 Å². The lowest BCUT2D eigenvalue weighted by Crippen LogP contribution is -2.16. The summed E-state index contributed by atoms with van der Waals surface area (Å²) in [6, 6.07) is 12.2. The van der Waals surface area contributed by atoms with Crippen LogP contribution in [0.3, 0.4) is 0 Å². The summed E-state index contributed by atoms with van der Waals surface area (Å²) in [4.78, 5) is 23.1. The van der Waals surface area contributed by atoms with Gasteiger partial charge in [-0.25, -0.2) is 0 Å². The summed E-state index contributed by atoms with van der Waals surface area (Å²) < 4.78 is 2.33. The van der Waals surface area contributed by atoms with E-state index in [9.17, 15) is 9.59 Å². The molecule has 26 heavy (non-hydrogen) atoms. The fraction of sp³-hybridized carbons (Fsp3) is 0.273. The highest BCUT2D eigenvalue weighted by atomic mass is 16.1. The van der Waals surface area contributed by atoms with Gasteiger partial charge >= 0.3 is 0 Å². The van der Waals surface area contributed by atoms with Crippen molar-refractivity contribution in [2.24, 2.45) is 0 Å². The van der Waals surface area contributed by atoms with Gasteiger partial charge < -0.3 is 9.88 Å². The first-order valence-electron chi connectivity index (χ1n) is 8.96. The van der Waals surface area contributed by atoms with E-state index in [0.29, 0.717) is 6.54 Å². The van der Waals surface area contributed by atoms with Crippen LogP contribution in [0.4, 0.5) is 5.69 Å². The third-order valence-electron chi connectivity index (χ3n) is 5.27. The minimum absolute atomic E-state index is 0.0898. The minimum Gasteiger partial charge on any atom is -0.378 e. The lowest BCUT2D eigenvalue weighted by Gasteiger charge is -2.24. The van der Waals surface area contributed by atoms with E-state index in [-0.39, 0.29) is 11.6 Å². The first-order valence-corrected chi connectivity index (χ1v) is 8.96. The van der Waals surface area contributed by atoms with Crippen LogP contribution in [0.15, 0.2) is 36.4 Å². The molecule has 1 N–H and O–H groups in total. The predicted octanol–water partition coefficient (Wildman–Crippen LogP) is 4.38. The smallest absolute Gasteiger partial charge is 0.159 e.